The SMILES string of the molecule is CCCCCCCCCCCC(=O)NCC(NC(=O)CCCCCCCCCCC)C(=O)O. The van der Waals surface area contributed by atoms with Crippen LogP contribution in [-0.2, 0) is 14.4 Å². The smallest absolute Gasteiger partial charge is 0.328 e. The first-order valence-corrected chi connectivity index (χ1v) is 13.8. The molecule has 0 aliphatic heterocycles. The van der Waals surface area contributed by atoms with E-state index in [0.717, 1.165) is 38.5 Å². The number of rotatable bonds is 24. The lowest BCUT2D eigenvalue weighted by molar-refractivity contribution is -0.141. The molecular weight excluding hydrogens is 416 g/mol. The molecule has 0 aromatic carbocycles. The van der Waals surface area contributed by atoms with Gasteiger partial charge in [0.2, 0.25) is 11.8 Å². The molecule has 1 unspecified atom stereocenters. The summed E-state index contributed by atoms with van der Waals surface area (Å²) < 4.78 is 0. The zero-order valence-corrected chi connectivity index (χ0v) is 21.6. The lowest BCUT2D eigenvalue weighted by Gasteiger charge is -2.15. The third kappa shape index (κ3) is 22.0. The number of amides is 2. The molecule has 0 heterocycles. The lowest BCUT2D eigenvalue weighted by Crippen LogP contribution is -2.48. The Balaban J connectivity index is 3.78. The molecule has 3 N–H and O–H groups in total. The molecule has 2 amide bonds. The molecule has 1 atom stereocenters. The van der Waals surface area contributed by atoms with Crippen LogP contribution >= 0.6 is 0 Å². The normalized spacial score (nSPS) is 11.8. The summed E-state index contributed by atoms with van der Waals surface area (Å²) in [6.07, 6.45) is 22.0. The van der Waals surface area contributed by atoms with Crippen LogP contribution in [0.5, 0.6) is 0 Å². The van der Waals surface area contributed by atoms with Crippen molar-refractivity contribution in [3.8, 4) is 0 Å². The molecule has 0 bridgehead atoms. The number of nitrogens with one attached hydrogen (secondary N) is 2. The highest BCUT2D eigenvalue weighted by Crippen LogP contribution is 2.11. The number of carbonyl (C=O) groups excluding carboxylic acids is 2. The maximum atomic E-state index is 12.1. The third-order valence-electron chi connectivity index (χ3n) is 6.15. The highest BCUT2D eigenvalue weighted by atomic mass is 16.4. The van der Waals surface area contributed by atoms with E-state index in [1.165, 1.54) is 77.0 Å². The number of carbonyl (C=O) groups is 3. The molecule has 0 rings (SSSR count). The van der Waals surface area contributed by atoms with Crippen molar-refractivity contribution in [2.24, 2.45) is 0 Å². The van der Waals surface area contributed by atoms with Crippen molar-refractivity contribution in [1.29, 1.82) is 0 Å². The second-order valence-corrected chi connectivity index (χ2v) is 9.42. The van der Waals surface area contributed by atoms with Crippen LogP contribution in [0.2, 0.25) is 0 Å². The summed E-state index contributed by atoms with van der Waals surface area (Å²) in [6, 6.07) is -1.07. The van der Waals surface area contributed by atoms with Crippen molar-refractivity contribution in [2.45, 2.75) is 148 Å². The quantitative estimate of drug-likeness (QED) is 0.141. The molecule has 0 aromatic rings. The minimum atomic E-state index is -1.11. The van der Waals surface area contributed by atoms with Crippen molar-refractivity contribution in [2.75, 3.05) is 6.54 Å². The molecule has 6 nitrogen and oxygen atoms in total. The van der Waals surface area contributed by atoms with Crippen molar-refractivity contribution < 1.29 is 19.5 Å². The Bertz CT molecular complexity index is 497. The predicted octanol–water partition coefficient (Wildman–Crippen LogP) is 6.51. The van der Waals surface area contributed by atoms with E-state index in [1.54, 1.807) is 0 Å². The number of hydrogen-bond acceptors (Lipinski definition) is 3. The van der Waals surface area contributed by atoms with E-state index in [0.29, 0.717) is 12.8 Å². The van der Waals surface area contributed by atoms with E-state index in [9.17, 15) is 19.5 Å². The molecule has 0 spiro atoms. The average Bonchev–Trinajstić information content (AvgIpc) is 2.79. The van der Waals surface area contributed by atoms with Crippen LogP contribution in [0.15, 0.2) is 0 Å². The minimum absolute atomic E-state index is 0.0604. The summed E-state index contributed by atoms with van der Waals surface area (Å²) in [7, 11) is 0. The summed E-state index contributed by atoms with van der Waals surface area (Å²) in [4.78, 5) is 35.5. The van der Waals surface area contributed by atoms with E-state index >= 15 is 0 Å². The first-order valence-electron chi connectivity index (χ1n) is 13.8. The summed E-state index contributed by atoms with van der Waals surface area (Å²) in [5.74, 6) is -1.50. The van der Waals surface area contributed by atoms with Gasteiger partial charge in [0.05, 0.1) is 0 Å². The van der Waals surface area contributed by atoms with Gasteiger partial charge in [0.15, 0.2) is 0 Å². The van der Waals surface area contributed by atoms with Crippen molar-refractivity contribution in [3.63, 3.8) is 0 Å². The van der Waals surface area contributed by atoms with Gasteiger partial charge in [0.1, 0.15) is 6.04 Å². The highest BCUT2D eigenvalue weighted by Gasteiger charge is 2.20. The lowest BCUT2D eigenvalue weighted by atomic mass is 10.1. The summed E-state index contributed by atoms with van der Waals surface area (Å²) in [5, 5.41) is 14.6. The van der Waals surface area contributed by atoms with E-state index < -0.39 is 12.0 Å². The largest absolute Gasteiger partial charge is 0.480 e. The number of carboxylic acids is 1. The van der Waals surface area contributed by atoms with Crippen LogP contribution in [0.4, 0.5) is 0 Å². The van der Waals surface area contributed by atoms with Gasteiger partial charge < -0.3 is 15.7 Å². The van der Waals surface area contributed by atoms with Crippen LogP contribution in [0, 0.1) is 0 Å². The maximum Gasteiger partial charge on any atom is 0.328 e. The summed E-state index contributed by atoms with van der Waals surface area (Å²) in [5.41, 5.74) is 0. The van der Waals surface area contributed by atoms with Gasteiger partial charge in [-0.15, -0.1) is 0 Å². The second kappa shape index (κ2) is 23.6. The van der Waals surface area contributed by atoms with Crippen molar-refractivity contribution >= 4 is 17.8 Å². The van der Waals surface area contributed by atoms with Crippen LogP contribution in [0.1, 0.15) is 142 Å². The number of unbranched alkanes of at least 4 members (excludes halogenated alkanes) is 16. The number of hydrogen-bond donors (Lipinski definition) is 3. The number of carboxylic acid groups (broad SMARTS) is 1. The third-order valence-corrected chi connectivity index (χ3v) is 6.15. The molecule has 194 valence electrons. The van der Waals surface area contributed by atoms with Crippen LogP contribution in [0.25, 0.3) is 0 Å². The van der Waals surface area contributed by atoms with Gasteiger partial charge in [-0.05, 0) is 12.8 Å². The fourth-order valence-corrected chi connectivity index (χ4v) is 3.96. The van der Waals surface area contributed by atoms with E-state index in [1.807, 2.05) is 0 Å². The van der Waals surface area contributed by atoms with Gasteiger partial charge in [-0.2, -0.15) is 0 Å². The van der Waals surface area contributed by atoms with E-state index in [-0.39, 0.29) is 18.4 Å². The molecule has 0 radical (unpaired) electrons. The van der Waals surface area contributed by atoms with Gasteiger partial charge in [0, 0.05) is 19.4 Å². The summed E-state index contributed by atoms with van der Waals surface area (Å²) in [6.45, 7) is 4.37. The second-order valence-electron chi connectivity index (χ2n) is 9.42. The molecule has 33 heavy (non-hydrogen) atoms. The fourth-order valence-electron chi connectivity index (χ4n) is 3.96. The zero-order chi connectivity index (χ0) is 24.6. The molecule has 0 fully saturated rings. The molecular formula is C27H52N2O4. The molecule has 0 saturated heterocycles. The van der Waals surface area contributed by atoms with Crippen LogP contribution in [-0.4, -0.2) is 35.5 Å². The topological polar surface area (TPSA) is 95.5 Å². The Morgan fingerprint density at radius 3 is 1.33 bits per heavy atom. The fraction of sp³-hybridized carbons (Fsp3) is 0.889. The molecule has 6 heteroatoms. The average molecular weight is 469 g/mol. The Morgan fingerprint density at radius 1 is 0.576 bits per heavy atom. The standard InChI is InChI=1S/C27H52N2O4/c1-3-5-7-9-11-13-15-17-19-21-25(30)28-23-24(27(32)33)29-26(31)22-20-18-16-14-12-10-8-6-4-2/h24H,3-23H2,1-2H3,(H,28,30)(H,29,31)(H,32,33). The first kappa shape index (κ1) is 31.4. The van der Waals surface area contributed by atoms with Gasteiger partial charge in [0.25, 0.3) is 0 Å². The Kier molecular flexibility index (Phi) is 22.4. The predicted molar refractivity (Wildman–Crippen MR) is 136 cm³/mol. The Labute approximate surface area is 203 Å². The number of aliphatic carboxylic acids is 1. The van der Waals surface area contributed by atoms with Gasteiger partial charge in [-0.25, -0.2) is 4.79 Å². The van der Waals surface area contributed by atoms with Crippen LogP contribution in [0.3, 0.4) is 0 Å². The molecule has 0 saturated carbocycles. The Hall–Kier alpha value is -1.59. The van der Waals surface area contributed by atoms with Crippen molar-refractivity contribution in [3.05, 3.63) is 0 Å². The molecule has 0 aliphatic carbocycles. The maximum absolute atomic E-state index is 12.1. The molecule has 0 aliphatic rings. The van der Waals surface area contributed by atoms with E-state index in [4.69, 9.17) is 0 Å². The minimum Gasteiger partial charge on any atom is -0.480 e. The monoisotopic (exact) mass is 468 g/mol. The van der Waals surface area contributed by atoms with Gasteiger partial charge in [-0.3, -0.25) is 9.59 Å². The first-order chi connectivity index (χ1) is 16.0. The highest BCUT2D eigenvalue weighted by molar-refractivity contribution is 5.84. The zero-order valence-electron chi connectivity index (χ0n) is 21.6. The Morgan fingerprint density at radius 2 is 0.939 bits per heavy atom. The van der Waals surface area contributed by atoms with E-state index in [2.05, 4.69) is 24.5 Å². The summed E-state index contributed by atoms with van der Waals surface area (Å²) >= 11 is 0. The van der Waals surface area contributed by atoms with Crippen molar-refractivity contribution in [1.82, 2.24) is 10.6 Å². The van der Waals surface area contributed by atoms with Gasteiger partial charge in [-0.1, -0.05) is 117 Å². The molecule has 0 aromatic heterocycles. The van der Waals surface area contributed by atoms with Crippen LogP contribution < -0.4 is 10.6 Å². The van der Waals surface area contributed by atoms with Gasteiger partial charge >= 0.3 is 5.97 Å².